The number of carbonyl (C=O) groups excluding carboxylic acids is 1. The smallest absolute Gasteiger partial charge is 0.303 e. The Morgan fingerprint density at radius 2 is 2.07 bits per heavy atom. The van der Waals surface area contributed by atoms with Crippen LogP contribution in [0.2, 0.25) is 0 Å². The Kier molecular flexibility index (Phi) is 6.74. The van der Waals surface area contributed by atoms with Gasteiger partial charge in [-0.1, -0.05) is 0 Å². The fraction of sp³-hybridized carbons (Fsp3) is 0.778. The molecule has 1 amide bonds. The van der Waals surface area contributed by atoms with Gasteiger partial charge in [0.25, 0.3) is 0 Å². The molecule has 0 heterocycles. The van der Waals surface area contributed by atoms with E-state index in [1.165, 1.54) is 0 Å². The van der Waals surface area contributed by atoms with Gasteiger partial charge in [-0.15, -0.1) is 0 Å². The molecule has 0 radical (unpaired) electrons. The maximum absolute atomic E-state index is 11.0. The summed E-state index contributed by atoms with van der Waals surface area (Å²) in [6.07, 6.45) is 0.665. The second kappa shape index (κ2) is 7.32. The van der Waals surface area contributed by atoms with E-state index in [1.807, 2.05) is 13.8 Å². The highest BCUT2D eigenvalue weighted by Crippen LogP contribution is 1.95. The van der Waals surface area contributed by atoms with Gasteiger partial charge in [-0.25, -0.2) is 0 Å². The van der Waals surface area contributed by atoms with Crippen molar-refractivity contribution in [1.29, 1.82) is 0 Å². The van der Waals surface area contributed by atoms with Crippen molar-refractivity contribution in [3.63, 3.8) is 0 Å². The van der Waals surface area contributed by atoms with E-state index in [-0.39, 0.29) is 24.9 Å². The van der Waals surface area contributed by atoms with Crippen molar-refractivity contribution in [2.24, 2.45) is 0 Å². The first-order valence-electron chi connectivity index (χ1n) is 4.78. The molecule has 0 aliphatic heterocycles. The lowest BCUT2D eigenvalue weighted by atomic mass is 10.2. The predicted molar refractivity (Wildman–Crippen MR) is 53.0 cm³/mol. The van der Waals surface area contributed by atoms with Crippen molar-refractivity contribution in [1.82, 2.24) is 10.6 Å². The topological polar surface area (TPSA) is 78.4 Å². The van der Waals surface area contributed by atoms with Crippen LogP contribution in [0.15, 0.2) is 0 Å². The quantitative estimate of drug-likeness (QED) is 0.541. The van der Waals surface area contributed by atoms with Gasteiger partial charge in [-0.05, 0) is 20.3 Å². The maximum Gasteiger partial charge on any atom is 0.303 e. The number of carboxylic acid groups (broad SMARTS) is 1. The third-order valence-corrected chi connectivity index (χ3v) is 1.78. The lowest BCUT2D eigenvalue weighted by Crippen LogP contribution is -2.38. The van der Waals surface area contributed by atoms with E-state index < -0.39 is 5.97 Å². The van der Waals surface area contributed by atoms with Crippen LogP contribution in [0, 0.1) is 0 Å². The van der Waals surface area contributed by atoms with Crippen LogP contribution in [0.5, 0.6) is 0 Å². The van der Waals surface area contributed by atoms with Crippen LogP contribution in [0.25, 0.3) is 0 Å². The molecule has 0 aromatic rings. The van der Waals surface area contributed by atoms with Gasteiger partial charge in [-0.3, -0.25) is 9.59 Å². The first-order valence-corrected chi connectivity index (χ1v) is 4.78. The van der Waals surface area contributed by atoms with Gasteiger partial charge < -0.3 is 15.7 Å². The number of likely N-dealkylation sites (N-methyl/N-ethyl adjacent to an activating group) is 1. The zero-order valence-electron chi connectivity index (χ0n) is 8.67. The van der Waals surface area contributed by atoms with Crippen LogP contribution in [-0.4, -0.2) is 36.1 Å². The van der Waals surface area contributed by atoms with E-state index in [9.17, 15) is 9.59 Å². The molecule has 0 rings (SSSR count). The molecule has 1 atom stereocenters. The average Bonchev–Trinajstić information content (AvgIpc) is 2.12. The van der Waals surface area contributed by atoms with Gasteiger partial charge in [0, 0.05) is 19.0 Å². The number of nitrogens with one attached hydrogen (secondary N) is 2. The first kappa shape index (κ1) is 12.9. The number of aliphatic carboxylic acids is 1. The number of amides is 1. The first-order chi connectivity index (χ1) is 6.56. The van der Waals surface area contributed by atoms with E-state index >= 15 is 0 Å². The van der Waals surface area contributed by atoms with Crippen molar-refractivity contribution < 1.29 is 14.7 Å². The molecule has 0 fully saturated rings. The summed E-state index contributed by atoms with van der Waals surface area (Å²) in [7, 11) is 0. The van der Waals surface area contributed by atoms with Gasteiger partial charge in [0.15, 0.2) is 0 Å². The Morgan fingerprint density at radius 3 is 2.57 bits per heavy atom. The monoisotopic (exact) mass is 202 g/mol. The summed E-state index contributed by atoms with van der Waals surface area (Å²) in [6.45, 7) is 4.58. The number of rotatable bonds is 7. The van der Waals surface area contributed by atoms with Crippen LogP contribution in [0.1, 0.15) is 26.7 Å². The van der Waals surface area contributed by atoms with E-state index in [4.69, 9.17) is 5.11 Å². The maximum atomic E-state index is 11.0. The molecule has 0 aliphatic carbocycles. The summed E-state index contributed by atoms with van der Waals surface area (Å²) in [5.41, 5.74) is 0. The second-order valence-electron chi connectivity index (χ2n) is 3.17. The van der Waals surface area contributed by atoms with E-state index in [1.54, 1.807) is 0 Å². The number of hydrogen-bond acceptors (Lipinski definition) is 3. The Hall–Kier alpha value is -1.10. The fourth-order valence-corrected chi connectivity index (χ4v) is 0.969. The Bertz CT molecular complexity index is 194. The summed E-state index contributed by atoms with van der Waals surface area (Å²) >= 11 is 0. The average molecular weight is 202 g/mol. The van der Waals surface area contributed by atoms with Crippen LogP contribution in [-0.2, 0) is 9.59 Å². The lowest BCUT2D eigenvalue weighted by Gasteiger charge is -2.11. The molecule has 3 N–H and O–H groups in total. The Morgan fingerprint density at radius 1 is 1.43 bits per heavy atom. The molecule has 5 heteroatoms. The van der Waals surface area contributed by atoms with Gasteiger partial charge >= 0.3 is 5.97 Å². The summed E-state index contributed by atoms with van der Waals surface area (Å²) < 4.78 is 0. The number of hydrogen-bond donors (Lipinski definition) is 3. The van der Waals surface area contributed by atoms with Crippen molar-refractivity contribution >= 4 is 11.9 Å². The highest BCUT2D eigenvalue weighted by atomic mass is 16.4. The molecule has 0 spiro atoms. The molecule has 0 bridgehead atoms. The van der Waals surface area contributed by atoms with Crippen LogP contribution in [0.4, 0.5) is 0 Å². The minimum atomic E-state index is -0.809. The minimum Gasteiger partial charge on any atom is -0.481 e. The zero-order chi connectivity index (χ0) is 11.0. The van der Waals surface area contributed by atoms with Crippen molar-refractivity contribution in [2.45, 2.75) is 32.7 Å². The van der Waals surface area contributed by atoms with Gasteiger partial charge in [-0.2, -0.15) is 0 Å². The van der Waals surface area contributed by atoms with Crippen LogP contribution >= 0.6 is 0 Å². The summed E-state index contributed by atoms with van der Waals surface area (Å²) in [5, 5.41) is 14.0. The number of carboxylic acids is 1. The molecule has 0 saturated heterocycles. The Balaban J connectivity index is 3.48. The summed E-state index contributed by atoms with van der Waals surface area (Å²) in [6, 6.07) is 0.0497. The molecule has 1 unspecified atom stereocenters. The summed E-state index contributed by atoms with van der Waals surface area (Å²) in [4.78, 5) is 21.2. The van der Waals surface area contributed by atoms with E-state index in [2.05, 4.69) is 10.6 Å². The molecule has 14 heavy (non-hydrogen) atoms. The molecule has 5 nitrogen and oxygen atoms in total. The van der Waals surface area contributed by atoms with Gasteiger partial charge in [0.2, 0.25) is 5.91 Å². The van der Waals surface area contributed by atoms with Crippen LogP contribution < -0.4 is 10.6 Å². The Labute approximate surface area is 83.9 Å². The highest BCUT2D eigenvalue weighted by Gasteiger charge is 2.06. The molecular weight excluding hydrogens is 184 g/mol. The van der Waals surface area contributed by atoms with E-state index in [0.29, 0.717) is 13.0 Å². The minimum absolute atomic E-state index is 0.0497. The molecule has 0 aliphatic rings. The van der Waals surface area contributed by atoms with Gasteiger partial charge in [0.05, 0.1) is 6.54 Å². The van der Waals surface area contributed by atoms with Crippen LogP contribution in [0.3, 0.4) is 0 Å². The third kappa shape index (κ3) is 7.54. The molecule has 0 aromatic carbocycles. The largest absolute Gasteiger partial charge is 0.481 e. The third-order valence-electron chi connectivity index (χ3n) is 1.78. The number of carbonyl (C=O) groups is 2. The normalized spacial score (nSPS) is 12.1. The SMILES string of the molecule is CCNC(=O)CNC(C)CCC(=O)O. The predicted octanol–water partition coefficient (Wildman–Crippen LogP) is -0.0346. The second-order valence-corrected chi connectivity index (χ2v) is 3.17. The standard InChI is InChI=1S/C9H18N2O3/c1-3-10-8(12)6-11-7(2)4-5-9(13)14/h7,11H,3-6H2,1-2H3,(H,10,12)(H,13,14). The molecule has 82 valence electrons. The fourth-order valence-electron chi connectivity index (χ4n) is 0.969. The van der Waals surface area contributed by atoms with Crippen molar-refractivity contribution in [3.05, 3.63) is 0 Å². The van der Waals surface area contributed by atoms with Crippen molar-refractivity contribution in [3.8, 4) is 0 Å². The molecular formula is C9H18N2O3. The van der Waals surface area contributed by atoms with Gasteiger partial charge in [0.1, 0.15) is 0 Å². The van der Waals surface area contributed by atoms with Crippen molar-refractivity contribution in [2.75, 3.05) is 13.1 Å². The molecule has 0 saturated carbocycles. The zero-order valence-corrected chi connectivity index (χ0v) is 8.67. The summed E-state index contributed by atoms with van der Waals surface area (Å²) in [5.74, 6) is -0.869. The lowest BCUT2D eigenvalue weighted by molar-refractivity contribution is -0.137. The molecule has 0 aromatic heterocycles. The van der Waals surface area contributed by atoms with E-state index in [0.717, 1.165) is 0 Å². The highest BCUT2D eigenvalue weighted by molar-refractivity contribution is 5.77.